The first-order valence-electron chi connectivity index (χ1n) is 10.0. The van der Waals surface area contributed by atoms with Gasteiger partial charge in [-0.3, -0.25) is 4.79 Å². The second-order valence-electron chi connectivity index (χ2n) is 7.24. The van der Waals surface area contributed by atoms with Crippen LogP contribution in [0.4, 0.5) is 0 Å². The Balaban J connectivity index is 1.60. The molecule has 162 valence electrons. The lowest BCUT2D eigenvalue weighted by atomic mass is 10.1. The number of para-hydroxylation sites is 1. The standard InChI is InChI=1S/C22H28N2O5S/c1-4-24(15-18-6-5-7-20-22(18)29-13-12-28-20)21(25)10-11-23-30(26,27)19-9-8-16(2)17(3)14-19/h5-9,14,23H,4,10-13,15H2,1-3H3. The highest BCUT2D eigenvalue weighted by atomic mass is 32.2. The van der Waals surface area contributed by atoms with Gasteiger partial charge in [0.2, 0.25) is 15.9 Å². The lowest BCUT2D eigenvalue weighted by Gasteiger charge is -2.25. The Morgan fingerprint density at radius 3 is 2.60 bits per heavy atom. The van der Waals surface area contributed by atoms with Crippen LogP contribution < -0.4 is 14.2 Å². The highest BCUT2D eigenvalue weighted by Gasteiger charge is 2.20. The van der Waals surface area contributed by atoms with Crippen molar-refractivity contribution in [2.75, 3.05) is 26.3 Å². The SMILES string of the molecule is CCN(Cc1cccc2c1OCCO2)C(=O)CCNS(=O)(=O)c1ccc(C)c(C)c1. The number of benzene rings is 2. The summed E-state index contributed by atoms with van der Waals surface area (Å²) in [6.45, 7) is 7.60. The predicted molar refractivity (Wildman–Crippen MR) is 114 cm³/mol. The van der Waals surface area contributed by atoms with Crippen molar-refractivity contribution in [3.05, 3.63) is 53.1 Å². The molecular formula is C22H28N2O5S. The second-order valence-corrected chi connectivity index (χ2v) is 9.01. The van der Waals surface area contributed by atoms with Crippen LogP contribution in [0.15, 0.2) is 41.3 Å². The number of fused-ring (bicyclic) bond motifs is 1. The molecule has 1 N–H and O–H groups in total. The average molecular weight is 433 g/mol. The van der Waals surface area contributed by atoms with Crippen LogP contribution in [0, 0.1) is 13.8 Å². The highest BCUT2D eigenvalue weighted by Crippen LogP contribution is 2.34. The van der Waals surface area contributed by atoms with Gasteiger partial charge in [0.05, 0.1) is 4.90 Å². The molecule has 0 bridgehead atoms. The molecule has 7 nitrogen and oxygen atoms in total. The van der Waals surface area contributed by atoms with Crippen molar-refractivity contribution in [2.45, 2.75) is 38.6 Å². The second kappa shape index (κ2) is 9.49. The van der Waals surface area contributed by atoms with Gasteiger partial charge in [-0.1, -0.05) is 18.2 Å². The van der Waals surface area contributed by atoms with Gasteiger partial charge in [0.15, 0.2) is 11.5 Å². The number of ether oxygens (including phenoxy) is 2. The molecule has 1 aliphatic heterocycles. The normalized spacial score (nSPS) is 13.2. The molecule has 1 heterocycles. The monoisotopic (exact) mass is 432 g/mol. The molecule has 2 aromatic rings. The van der Waals surface area contributed by atoms with E-state index in [0.29, 0.717) is 37.8 Å². The zero-order valence-electron chi connectivity index (χ0n) is 17.6. The Bertz CT molecular complexity index is 1020. The molecule has 30 heavy (non-hydrogen) atoms. The number of rotatable bonds is 8. The molecule has 0 unspecified atom stereocenters. The number of nitrogens with one attached hydrogen (secondary N) is 1. The van der Waals surface area contributed by atoms with E-state index in [1.807, 2.05) is 39.0 Å². The maximum absolute atomic E-state index is 12.7. The van der Waals surface area contributed by atoms with Crippen LogP contribution in [0.2, 0.25) is 0 Å². The minimum Gasteiger partial charge on any atom is -0.486 e. The Labute approximate surface area is 178 Å². The van der Waals surface area contributed by atoms with Crippen molar-refractivity contribution < 1.29 is 22.7 Å². The molecule has 0 saturated heterocycles. The Morgan fingerprint density at radius 2 is 1.87 bits per heavy atom. The molecule has 0 aromatic heterocycles. The average Bonchev–Trinajstić information content (AvgIpc) is 2.73. The molecule has 0 fully saturated rings. The topological polar surface area (TPSA) is 84.9 Å². The number of sulfonamides is 1. The fourth-order valence-electron chi connectivity index (χ4n) is 3.26. The maximum Gasteiger partial charge on any atom is 0.240 e. The number of nitrogens with zero attached hydrogens (tertiary/aromatic N) is 1. The summed E-state index contributed by atoms with van der Waals surface area (Å²) in [6.07, 6.45) is 0.0737. The summed E-state index contributed by atoms with van der Waals surface area (Å²) < 4.78 is 38.8. The third-order valence-corrected chi connectivity index (χ3v) is 6.62. The number of amides is 1. The van der Waals surface area contributed by atoms with Crippen LogP contribution in [0.3, 0.4) is 0 Å². The maximum atomic E-state index is 12.7. The molecule has 3 rings (SSSR count). The highest BCUT2D eigenvalue weighted by molar-refractivity contribution is 7.89. The van der Waals surface area contributed by atoms with Gasteiger partial charge < -0.3 is 14.4 Å². The molecule has 0 aliphatic carbocycles. The lowest BCUT2D eigenvalue weighted by molar-refractivity contribution is -0.131. The van der Waals surface area contributed by atoms with E-state index in [4.69, 9.17) is 9.47 Å². The third-order valence-electron chi connectivity index (χ3n) is 5.16. The van der Waals surface area contributed by atoms with E-state index in [0.717, 1.165) is 16.7 Å². The van der Waals surface area contributed by atoms with Gasteiger partial charge in [0.25, 0.3) is 0 Å². The van der Waals surface area contributed by atoms with E-state index >= 15 is 0 Å². The van der Waals surface area contributed by atoms with Gasteiger partial charge >= 0.3 is 0 Å². The summed E-state index contributed by atoms with van der Waals surface area (Å²) in [7, 11) is -3.66. The Hall–Kier alpha value is -2.58. The minimum atomic E-state index is -3.66. The van der Waals surface area contributed by atoms with Crippen LogP contribution in [0.25, 0.3) is 0 Å². The molecular weight excluding hydrogens is 404 g/mol. The van der Waals surface area contributed by atoms with Crippen molar-refractivity contribution in [3.8, 4) is 11.5 Å². The molecule has 1 amide bonds. The third kappa shape index (κ3) is 5.12. The Kier molecular flexibility index (Phi) is 6.99. The largest absolute Gasteiger partial charge is 0.486 e. The predicted octanol–water partition coefficient (Wildman–Crippen LogP) is 2.79. The first-order valence-corrected chi connectivity index (χ1v) is 11.5. The van der Waals surface area contributed by atoms with E-state index in [-0.39, 0.29) is 23.8 Å². The van der Waals surface area contributed by atoms with Gasteiger partial charge in [-0.25, -0.2) is 13.1 Å². The molecule has 2 aromatic carbocycles. The number of hydrogen-bond acceptors (Lipinski definition) is 5. The summed E-state index contributed by atoms with van der Waals surface area (Å²) in [5.41, 5.74) is 2.81. The summed E-state index contributed by atoms with van der Waals surface area (Å²) in [5.74, 6) is 1.23. The molecule has 0 spiro atoms. The van der Waals surface area contributed by atoms with Gasteiger partial charge in [-0.05, 0) is 50.1 Å². The van der Waals surface area contributed by atoms with Gasteiger partial charge in [0, 0.05) is 31.6 Å². The summed E-state index contributed by atoms with van der Waals surface area (Å²) in [4.78, 5) is 14.6. The van der Waals surface area contributed by atoms with E-state index in [1.54, 1.807) is 23.1 Å². The first kappa shape index (κ1) is 22.1. The molecule has 0 atom stereocenters. The number of hydrogen-bond donors (Lipinski definition) is 1. The fourth-order valence-corrected chi connectivity index (χ4v) is 4.37. The Morgan fingerprint density at radius 1 is 1.10 bits per heavy atom. The van der Waals surface area contributed by atoms with Crippen molar-refractivity contribution >= 4 is 15.9 Å². The van der Waals surface area contributed by atoms with Crippen molar-refractivity contribution in [1.29, 1.82) is 0 Å². The van der Waals surface area contributed by atoms with E-state index in [9.17, 15) is 13.2 Å². The zero-order chi connectivity index (χ0) is 21.7. The summed E-state index contributed by atoms with van der Waals surface area (Å²) in [6, 6.07) is 10.6. The van der Waals surface area contributed by atoms with Crippen LogP contribution in [0.1, 0.15) is 30.0 Å². The molecule has 0 radical (unpaired) electrons. The molecule has 1 aliphatic rings. The summed E-state index contributed by atoms with van der Waals surface area (Å²) >= 11 is 0. The number of carbonyl (C=O) groups excluding carboxylic acids is 1. The smallest absolute Gasteiger partial charge is 0.240 e. The zero-order valence-corrected chi connectivity index (χ0v) is 18.4. The van der Waals surface area contributed by atoms with Gasteiger partial charge in [-0.2, -0.15) is 0 Å². The van der Waals surface area contributed by atoms with Crippen LogP contribution >= 0.6 is 0 Å². The quantitative estimate of drug-likeness (QED) is 0.693. The lowest BCUT2D eigenvalue weighted by Crippen LogP contribution is -2.34. The fraction of sp³-hybridized carbons (Fsp3) is 0.409. The minimum absolute atomic E-state index is 0.0388. The van der Waals surface area contributed by atoms with E-state index in [1.165, 1.54) is 0 Å². The number of carbonyl (C=O) groups is 1. The van der Waals surface area contributed by atoms with Gasteiger partial charge in [0.1, 0.15) is 13.2 Å². The van der Waals surface area contributed by atoms with Crippen LogP contribution in [0.5, 0.6) is 11.5 Å². The van der Waals surface area contributed by atoms with Crippen molar-refractivity contribution in [2.24, 2.45) is 0 Å². The van der Waals surface area contributed by atoms with Gasteiger partial charge in [-0.15, -0.1) is 0 Å². The number of aryl methyl sites for hydroxylation is 2. The van der Waals surface area contributed by atoms with E-state index < -0.39 is 10.0 Å². The van der Waals surface area contributed by atoms with Crippen LogP contribution in [-0.2, 0) is 21.4 Å². The van der Waals surface area contributed by atoms with Crippen LogP contribution in [-0.4, -0.2) is 45.5 Å². The van der Waals surface area contributed by atoms with Crippen molar-refractivity contribution in [1.82, 2.24) is 9.62 Å². The summed E-state index contributed by atoms with van der Waals surface area (Å²) in [5, 5.41) is 0. The first-order chi connectivity index (χ1) is 14.3. The van der Waals surface area contributed by atoms with E-state index in [2.05, 4.69) is 4.72 Å². The molecule has 0 saturated carbocycles. The van der Waals surface area contributed by atoms with Crippen molar-refractivity contribution in [3.63, 3.8) is 0 Å². The molecule has 8 heteroatoms.